The van der Waals surface area contributed by atoms with E-state index in [4.69, 9.17) is 39.5 Å². The van der Waals surface area contributed by atoms with Crippen molar-refractivity contribution >= 4 is 52.2 Å². The minimum absolute atomic E-state index is 0.00576. The van der Waals surface area contributed by atoms with Crippen molar-refractivity contribution in [1.82, 2.24) is 19.6 Å². The molecule has 158 valence electrons. The summed E-state index contributed by atoms with van der Waals surface area (Å²) in [5, 5.41) is 23.0. The monoisotopic (exact) mass is 472 g/mol. The first kappa shape index (κ1) is 21.9. The number of nitro groups is 1. The number of nitrogens with one attached hydrogen (secondary N) is 1. The number of hydrogen-bond acceptors (Lipinski definition) is 6. The van der Waals surface area contributed by atoms with Gasteiger partial charge in [-0.15, -0.1) is 5.10 Å². The van der Waals surface area contributed by atoms with E-state index in [1.54, 1.807) is 24.4 Å². The number of amides is 1. The molecule has 0 saturated heterocycles. The van der Waals surface area contributed by atoms with Crippen molar-refractivity contribution in [2.45, 2.75) is 19.5 Å². The Morgan fingerprint density at radius 3 is 2.60 bits per heavy atom. The minimum Gasteiger partial charge on any atom is -0.475 e. The molecule has 3 rings (SSSR count). The van der Waals surface area contributed by atoms with E-state index in [1.807, 2.05) is 0 Å². The third kappa shape index (κ3) is 5.21. The number of halogens is 3. The fourth-order valence-corrected chi connectivity index (χ4v) is 3.24. The van der Waals surface area contributed by atoms with Gasteiger partial charge in [-0.1, -0.05) is 40.9 Å². The van der Waals surface area contributed by atoms with E-state index in [1.165, 1.54) is 22.7 Å². The van der Waals surface area contributed by atoms with Gasteiger partial charge in [0.05, 0.1) is 25.1 Å². The Bertz CT molecular complexity index is 1100. The quantitative estimate of drug-likeness (QED) is 0.390. The van der Waals surface area contributed by atoms with E-state index in [0.717, 1.165) is 5.56 Å². The van der Waals surface area contributed by atoms with Gasteiger partial charge in [0.15, 0.2) is 5.82 Å². The van der Waals surface area contributed by atoms with Crippen LogP contribution >= 0.6 is 34.8 Å². The van der Waals surface area contributed by atoms with Gasteiger partial charge in [-0.2, -0.15) is 5.10 Å². The van der Waals surface area contributed by atoms with Gasteiger partial charge in [0, 0.05) is 22.7 Å². The standard InChI is InChI=1S/C17H15Cl3N6O4/c1-30-17-14(26(28)29)9-24(23-17)5-4-15(27)21-16-13(20)8-25(22-16)7-10-2-3-11(18)6-12(10)19/h2-3,6,8-9H,4-5,7H2,1H3,(H,21,22,27). The van der Waals surface area contributed by atoms with Gasteiger partial charge in [0.2, 0.25) is 5.91 Å². The van der Waals surface area contributed by atoms with Gasteiger partial charge < -0.3 is 10.1 Å². The molecule has 1 aromatic carbocycles. The van der Waals surface area contributed by atoms with Crippen molar-refractivity contribution in [3.05, 3.63) is 61.3 Å². The number of nitrogens with zero attached hydrogens (tertiary/aromatic N) is 5. The molecule has 1 amide bonds. The van der Waals surface area contributed by atoms with Crippen LogP contribution in [0.2, 0.25) is 15.1 Å². The highest BCUT2D eigenvalue weighted by Crippen LogP contribution is 2.25. The first-order valence-electron chi connectivity index (χ1n) is 8.49. The van der Waals surface area contributed by atoms with E-state index < -0.39 is 4.92 Å². The molecule has 30 heavy (non-hydrogen) atoms. The average Bonchev–Trinajstić information content (AvgIpc) is 3.26. The Kier molecular flexibility index (Phi) is 6.80. The maximum Gasteiger partial charge on any atom is 0.350 e. The third-order valence-electron chi connectivity index (χ3n) is 3.99. The van der Waals surface area contributed by atoms with Crippen LogP contribution in [0.3, 0.4) is 0 Å². The number of hydrogen-bond donors (Lipinski definition) is 1. The topological polar surface area (TPSA) is 117 Å². The Morgan fingerprint density at radius 2 is 1.97 bits per heavy atom. The lowest BCUT2D eigenvalue weighted by molar-refractivity contribution is -0.385. The number of anilines is 1. The largest absolute Gasteiger partial charge is 0.475 e. The summed E-state index contributed by atoms with van der Waals surface area (Å²) in [5.74, 6) is -0.317. The van der Waals surface area contributed by atoms with Crippen LogP contribution < -0.4 is 10.1 Å². The van der Waals surface area contributed by atoms with Crippen LogP contribution in [0.5, 0.6) is 5.88 Å². The molecule has 13 heteroatoms. The van der Waals surface area contributed by atoms with Crippen LogP contribution in [-0.4, -0.2) is 37.5 Å². The second-order valence-corrected chi connectivity index (χ2v) is 7.35. The molecule has 2 aromatic heterocycles. The lowest BCUT2D eigenvalue weighted by Gasteiger charge is -2.05. The Balaban J connectivity index is 1.61. The second kappa shape index (κ2) is 9.33. The molecule has 0 bridgehead atoms. The van der Waals surface area contributed by atoms with Gasteiger partial charge >= 0.3 is 11.6 Å². The van der Waals surface area contributed by atoms with Crippen LogP contribution in [0.25, 0.3) is 0 Å². The Hall–Kier alpha value is -2.82. The molecule has 0 aliphatic rings. The molecule has 0 radical (unpaired) electrons. The summed E-state index contributed by atoms with van der Waals surface area (Å²) in [4.78, 5) is 22.6. The zero-order chi connectivity index (χ0) is 21.8. The third-order valence-corrected chi connectivity index (χ3v) is 4.85. The predicted octanol–water partition coefficient (Wildman–Crippen LogP) is 4.03. The number of aromatic nitrogens is 4. The number of rotatable bonds is 8. The van der Waals surface area contributed by atoms with Gasteiger partial charge in [-0.3, -0.25) is 24.3 Å². The molecule has 3 aromatic rings. The fourth-order valence-electron chi connectivity index (χ4n) is 2.58. The molecule has 0 aliphatic heterocycles. The van der Waals surface area contributed by atoms with Crippen LogP contribution in [0.15, 0.2) is 30.6 Å². The highest BCUT2D eigenvalue weighted by Gasteiger charge is 2.20. The number of carbonyl (C=O) groups excluding carboxylic acids is 1. The first-order chi connectivity index (χ1) is 14.3. The molecule has 0 unspecified atom stereocenters. The van der Waals surface area contributed by atoms with Crippen LogP contribution in [0, 0.1) is 10.1 Å². The summed E-state index contributed by atoms with van der Waals surface area (Å²) in [6, 6.07) is 5.11. The molecule has 2 heterocycles. The normalized spacial score (nSPS) is 10.8. The minimum atomic E-state index is -0.609. The summed E-state index contributed by atoms with van der Waals surface area (Å²) >= 11 is 18.2. The van der Waals surface area contributed by atoms with Crippen LogP contribution in [0.4, 0.5) is 11.5 Å². The van der Waals surface area contributed by atoms with E-state index in [0.29, 0.717) is 16.6 Å². The van der Waals surface area contributed by atoms with Crippen molar-refractivity contribution in [2.24, 2.45) is 0 Å². The van der Waals surface area contributed by atoms with E-state index in [9.17, 15) is 14.9 Å². The number of aryl methyl sites for hydroxylation is 1. The molecular formula is C17H15Cl3N6O4. The maximum absolute atomic E-state index is 12.2. The second-order valence-electron chi connectivity index (χ2n) is 6.10. The highest BCUT2D eigenvalue weighted by molar-refractivity contribution is 6.35. The lowest BCUT2D eigenvalue weighted by atomic mass is 10.2. The summed E-state index contributed by atoms with van der Waals surface area (Å²) < 4.78 is 7.65. The molecule has 1 N–H and O–H groups in total. The van der Waals surface area contributed by atoms with Crippen molar-refractivity contribution in [1.29, 1.82) is 0 Å². The molecular weight excluding hydrogens is 459 g/mol. The van der Waals surface area contributed by atoms with Crippen molar-refractivity contribution < 1.29 is 14.5 Å². The summed E-state index contributed by atoms with van der Waals surface area (Å²) in [5.41, 5.74) is 0.507. The van der Waals surface area contributed by atoms with Crippen LogP contribution in [-0.2, 0) is 17.9 Å². The molecule has 10 nitrogen and oxygen atoms in total. The molecule has 0 atom stereocenters. The average molecular weight is 474 g/mol. The smallest absolute Gasteiger partial charge is 0.350 e. The summed E-state index contributed by atoms with van der Waals surface area (Å²) in [7, 11) is 1.28. The molecule has 0 aliphatic carbocycles. The van der Waals surface area contributed by atoms with E-state index >= 15 is 0 Å². The number of carbonyl (C=O) groups is 1. The van der Waals surface area contributed by atoms with Gasteiger partial charge in [0.25, 0.3) is 0 Å². The summed E-state index contributed by atoms with van der Waals surface area (Å²) in [6.45, 7) is 0.442. The highest BCUT2D eigenvalue weighted by atomic mass is 35.5. The Labute approximate surface area is 185 Å². The predicted molar refractivity (Wildman–Crippen MR) is 111 cm³/mol. The number of benzene rings is 1. The van der Waals surface area contributed by atoms with Gasteiger partial charge in [-0.25, -0.2) is 0 Å². The van der Waals surface area contributed by atoms with E-state index in [2.05, 4.69) is 15.5 Å². The number of ether oxygens (including phenoxy) is 1. The fraction of sp³-hybridized carbons (Fsp3) is 0.235. The summed E-state index contributed by atoms with van der Waals surface area (Å²) in [6.07, 6.45) is 2.75. The van der Waals surface area contributed by atoms with Gasteiger partial charge in [-0.05, 0) is 17.7 Å². The zero-order valence-corrected chi connectivity index (χ0v) is 17.8. The van der Waals surface area contributed by atoms with Crippen molar-refractivity contribution in [2.75, 3.05) is 12.4 Å². The first-order valence-corrected chi connectivity index (χ1v) is 9.62. The molecule has 0 fully saturated rings. The number of methoxy groups -OCH3 is 1. The van der Waals surface area contributed by atoms with Crippen molar-refractivity contribution in [3.8, 4) is 5.88 Å². The van der Waals surface area contributed by atoms with E-state index in [-0.39, 0.29) is 41.3 Å². The molecule has 0 spiro atoms. The SMILES string of the molecule is COc1nn(CCC(=O)Nc2nn(Cc3ccc(Cl)cc3Cl)cc2Cl)cc1[N+](=O)[O-]. The zero-order valence-electron chi connectivity index (χ0n) is 15.5. The van der Waals surface area contributed by atoms with Crippen molar-refractivity contribution in [3.63, 3.8) is 0 Å². The molecule has 0 saturated carbocycles. The Morgan fingerprint density at radius 1 is 1.20 bits per heavy atom. The van der Waals surface area contributed by atoms with Crippen LogP contribution in [0.1, 0.15) is 12.0 Å². The maximum atomic E-state index is 12.2. The van der Waals surface area contributed by atoms with Gasteiger partial charge in [0.1, 0.15) is 11.2 Å². The lowest BCUT2D eigenvalue weighted by Crippen LogP contribution is -2.15.